The molecule has 0 spiro atoms. The highest BCUT2D eigenvalue weighted by Crippen LogP contribution is 2.33. The van der Waals surface area contributed by atoms with Crippen molar-refractivity contribution in [2.24, 2.45) is 0 Å². The molecule has 0 radical (unpaired) electrons. The average molecular weight is 229 g/mol. The molecule has 0 aliphatic heterocycles. The smallest absolute Gasteiger partial charge is 0.119 e. The molecule has 1 unspecified atom stereocenters. The molecule has 0 saturated heterocycles. The largest absolute Gasteiger partial charge is 0.493 e. The van der Waals surface area contributed by atoms with Crippen molar-refractivity contribution >= 4 is 0 Å². The number of hydrogen-bond acceptors (Lipinski definition) is 2. The third-order valence-electron chi connectivity index (χ3n) is 3.21. The van der Waals surface area contributed by atoms with E-state index in [2.05, 4.69) is 35.4 Å². The van der Waals surface area contributed by atoms with Gasteiger partial charge < -0.3 is 10.1 Å². The van der Waals surface area contributed by atoms with Crippen LogP contribution in [0.3, 0.4) is 0 Å². The maximum absolute atomic E-state index is 5.68. The molecule has 2 nitrogen and oxygen atoms in total. The van der Waals surface area contributed by atoms with Gasteiger partial charge >= 0.3 is 0 Å². The van der Waals surface area contributed by atoms with E-state index in [1.54, 1.807) is 0 Å². The number of ether oxygens (including phenoxy) is 1. The Morgan fingerprint density at radius 3 is 3.12 bits per heavy atom. The normalized spacial score (nSPS) is 17.2. The second-order valence-corrected chi connectivity index (χ2v) is 4.27. The Kier molecular flexibility index (Phi) is 4.06. The van der Waals surface area contributed by atoms with Crippen molar-refractivity contribution in [2.75, 3.05) is 13.7 Å². The summed E-state index contributed by atoms with van der Waals surface area (Å²) in [6.07, 6.45) is 3.14. The lowest BCUT2D eigenvalue weighted by atomic mass is 10.1. The second-order valence-electron chi connectivity index (χ2n) is 4.27. The fourth-order valence-electron chi connectivity index (χ4n) is 2.33. The highest BCUT2D eigenvalue weighted by Gasteiger charge is 2.20. The monoisotopic (exact) mass is 229 g/mol. The molecule has 1 atom stereocenters. The minimum atomic E-state index is 0.519. The molecule has 1 aromatic carbocycles. The predicted octanol–water partition coefficient (Wildman–Crippen LogP) is 2.69. The van der Waals surface area contributed by atoms with Gasteiger partial charge in [0.2, 0.25) is 0 Å². The molecular formula is C15H19NO. The van der Waals surface area contributed by atoms with Crippen LogP contribution in [0.5, 0.6) is 5.75 Å². The molecule has 0 heterocycles. The van der Waals surface area contributed by atoms with E-state index in [0.29, 0.717) is 12.6 Å². The summed E-state index contributed by atoms with van der Waals surface area (Å²) in [5.41, 5.74) is 2.84. The van der Waals surface area contributed by atoms with Crippen LogP contribution in [0.15, 0.2) is 18.2 Å². The lowest BCUT2D eigenvalue weighted by molar-refractivity contribution is 0.327. The van der Waals surface area contributed by atoms with E-state index >= 15 is 0 Å². The zero-order valence-electron chi connectivity index (χ0n) is 10.5. The maximum Gasteiger partial charge on any atom is 0.119 e. The topological polar surface area (TPSA) is 21.3 Å². The molecule has 1 aliphatic rings. The molecule has 0 amide bonds. The highest BCUT2D eigenvalue weighted by molar-refractivity contribution is 5.40. The number of hydrogen-bond donors (Lipinski definition) is 1. The van der Waals surface area contributed by atoms with Crippen molar-refractivity contribution in [2.45, 2.75) is 32.2 Å². The highest BCUT2D eigenvalue weighted by atomic mass is 16.5. The zero-order chi connectivity index (χ0) is 12.1. The van der Waals surface area contributed by atoms with E-state index in [0.717, 1.165) is 18.6 Å². The van der Waals surface area contributed by atoms with E-state index < -0.39 is 0 Å². The van der Waals surface area contributed by atoms with Crippen LogP contribution in [-0.2, 0) is 6.42 Å². The molecule has 0 fully saturated rings. The lowest BCUT2D eigenvalue weighted by Gasteiger charge is -2.11. The molecule has 0 aromatic heterocycles. The van der Waals surface area contributed by atoms with E-state index in [-0.39, 0.29) is 0 Å². The Hall–Kier alpha value is -1.46. The summed E-state index contributed by atoms with van der Waals surface area (Å²) in [5.74, 6) is 6.84. The van der Waals surface area contributed by atoms with Crippen LogP contribution in [0.1, 0.15) is 36.9 Å². The molecule has 90 valence electrons. The van der Waals surface area contributed by atoms with Gasteiger partial charge in [0, 0.05) is 12.5 Å². The number of aryl methyl sites for hydroxylation is 1. The van der Waals surface area contributed by atoms with Crippen LogP contribution in [0, 0.1) is 11.8 Å². The molecule has 17 heavy (non-hydrogen) atoms. The fraction of sp³-hybridized carbons (Fsp3) is 0.467. The number of benzene rings is 1. The average Bonchev–Trinajstić information content (AvgIpc) is 2.77. The summed E-state index contributed by atoms with van der Waals surface area (Å²) in [5, 5.41) is 3.34. The molecule has 2 rings (SSSR count). The Morgan fingerprint density at radius 2 is 2.35 bits per heavy atom. The van der Waals surface area contributed by atoms with Gasteiger partial charge in [0.25, 0.3) is 0 Å². The van der Waals surface area contributed by atoms with E-state index in [9.17, 15) is 0 Å². The standard InChI is InChI=1S/C15H19NO/c1-3-4-5-10-17-13-7-8-14-12(11-13)6-9-15(14)16-2/h7-8,11,15-16H,5-6,9-10H2,1-2H3. The van der Waals surface area contributed by atoms with Gasteiger partial charge in [-0.05, 0) is 50.1 Å². The van der Waals surface area contributed by atoms with Crippen LogP contribution >= 0.6 is 0 Å². The minimum absolute atomic E-state index is 0.519. The summed E-state index contributed by atoms with van der Waals surface area (Å²) in [6, 6.07) is 6.94. The fourth-order valence-corrected chi connectivity index (χ4v) is 2.33. The summed E-state index contributed by atoms with van der Waals surface area (Å²) in [4.78, 5) is 0. The van der Waals surface area contributed by atoms with Gasteiger partial charge in [-0.25, -0.2) is 0 Å². The van der Waals surface area contributed by atoms with Crippen molar-refractivity contribution in [3.05, 3.63) is 29.3 Å². The van der Waals surface area contributed by atoms with Gasteiger partial charge in [-0.15, -0.1) is 11.8 Å². The van der Waals surface area contributed by atoms with Gasteiger partial charge in [-0.2, -0.15) is 0 Å². The van der Waals surface area contributed by atoms with Crippen LogP contribution < -0.4 is 10.1 Å². The van der Waals surface area contributed by atoms with Crippen molar-refractivity contribution in [1.29, 1.82) is 0 Å². The molecule has 2 heteroatoms. The number of rotatable bonds is 4. The van der Waals surface area contributed by atoms with Gasteiger partial charge in [0.15, 0.2) is 0 Å². The Bertz CT molecular complexity index is 442. The van der Waals surface area contributed by atoms with Gasteiger partial charge in [0.1, 0.15) is 5.75 Å². The van der Waals surface area contributed by atoms with Crippen molar-refractivity contribution in [3.63, 3.8) is 0 Å². The minimum Gasteiger partial charge on any atom is -0.493 e. The van der Waals surface area contributed by atoms with Gasteiger partial charge in [-0.1, -0.05) is 6.07 Å². The molecule has 1 aromatic rings. The first kappa shape index (κ1) is 12.0. The molecule has 1 N–H and O–H groups in total. The van der Waals surface area contributed by atoms with Crippen LogP contribution in [0.25, 0.3) is 0 Å². The Morgan fingerprint density at radius 1 is 1.47 bits per heavy atom. The van der Waals surface area contributed by atoms with Gasteiger partial charge in [0.05, 0.1) is 6.61 Å². The summed E-state index contributed by atoms with van der Waals surface area (Å²) in [6.45, 7) is 2.53. The summed E-state index contributed by atoms with van der Waals surface area (Å²) >= 11 is 0. The van der Waals surface area contributed by atoms with Crippen LogP contribution in [-0.4, -0.2) is 13.7 Å². The first-order chi connectivity index (χ1) is 8.35. The van der Waals surface area contributed by atoms with Crippen LogP contribution in [0.4, 0.5) is 0 Å². The predicted molar refractivity (Wildman–Crippen MR) is 70.1 cm³/mol. The van der Waals surface area contributed by atoms with Crippen molar-refractivity contribution in [1.82, 2.24) is 5.32 Å². The molecule has 1 aliphatic carbocycles. The van der Waals surface area contributed by atoms with E-state index in [4.69, 9.17) is 4.74 Å². The maximum atomic E-state index is 5.68. The third-order valence-corrected chi connectivity index (χ3v) is 3.21. The lowest BCUT2D eigenvalue weighted by Crippen LogP contribution is -2.12. The van der Waals surface area contributed by atoms with E-state index in [1.807, 2.05) is 14.0 Å². The zero-order valence-corrected chi connectivity index (χ0v) is 10.5. The summed E-state index contributed by atoms with van der Waals surface area (Å²) in [7, 11) is 2.02. The quantitative estimate of drug-likeness (QED) is 0.633. The van der Waals surface area contributed by atoms with Crippen molar-refractivity contribution < 1.29 is 4.74 Å². The van der Waals surface area contributed by atoms with Gasteiger partial charge in [-0.3, -0.25) is 0 Å². The van der Waals surface area contributed by atoms with E-state index in [1.165, 1.54) is 17.5 Å². The molecule has 0 bridgehead atoms. The third kappa shape index (κ3) is 2.81. The van der Waals surface area contributed by atoms with Crippen molar-refractivity contribution in [3.8, 4) is 17.6 Å². The number of nitrogens with one attached hydrogen (secondary N) is 1. The number of fused-ring (bicyclic) bond motifs is 1. The SMILES string of the molecule is CC#CCCOc1ccc2c(c1)CCC2NC. The first-order valence-corrected chi connectivity index (χ1v) is 6.17. The Labute approximate surface area is 103 Å². The van der Waals surface area contributed by atoms with Crippen LogP contribution in [0.2, 0.25) is 0 Å². The Balaban J connectivity index is 1.99. The second kappa shape index (κ2) is 5.75. The molecular weight excluding hydrogens is 210 g/mol. The molecule has 0 saturated carbocycles. The first-order valence-electron chi connectivity index (χ1n) is 6.17. The summed E-state index contributed by atoms with van der Waals surface area (Å²) < 4.78 is 5.68.